The van der Waals surface area contributed by atoms with Crippen LogP contribution < -0.4 is 10.8 Å². The topological polar surface area (TPSA) is 67.8 Å². The van der Waals surface area contributed by atoms with Crippen molar-refractivity contribution in [1.29, 1.82) is 0 Å². The molecule has 0 aliphatic carbocycles. The Balaban J connectivity index is 0. The molecule has 0 atom stereocenters. The van der Waals surface area contributed by atoms with Gasteiger partial charge in [0.1, 0.15) is 0 Å². The highest BCUT2D eigenvalue weighted by Gasteiger charge is 2.05. The average Bonchev–Trinajstić information content (AvgIpc) is 2.96. The number of quaternary nitrogens is 1. The normalized spacial score (nSPS) is 11.1. The summed E-state index contributed by atoms with van der Waals surface area (Å²) >= 11 is 0. The lowest BCUT2D eigenvalue weighted by atomic mass is 10.00. The second-order valence-corrected chi connectivity index (χ2v) is 13.1. The molecule has 0 aromatic rings. The lowest BCUT2D eigenvalue weighted by Crippen LogP contribution is -2.60. The quantitative estimate of drug-likeness (QED) is 0.0783. The summed E-state index contributed by atoms with van der Waals surface area (Å²) < 4.78 is 0. The predicted molar refractivity (Wildman–Crippen MR) is 181 cm³/mol. The molecule has 3 N–H and O–H groups in total. The monoisotopic (exact) mass is 582 g/mol. The van der Waals surface area contributed by atoms with Crippen LogP contribution in [0.3, 0.4) is 0 Å². The Kier molecular flexibility index (Phi) is 40.9. The minimum absolute atomic E-state index is 0.205. The van der Waals surface area contributed by atoms with E-state index >= 15 is 0 Å². The summed E-state index contributed by atoms with van der Waals surface area (Å²) in [4.78, 5) is 9.65. The van der Waals surface area contributed by atoms with Crippen LogP contribution in [-0.2, 0) is 4.79 Å². The first-order valence-electron chi connectivity index (χ1n) is 19.1. The largest absolute Gasteiger partial charge is 0.550 e. The maximum atomic E-state index is 9.65. The van der Waals surface area contributed by atoms with Crippen LogP contribution in [0.25, 0.3) is 0 Å². The van der Waals surface area contributed by atoms with E-state index in [0.717, 1.165) is 18.9 Å². The molecule has 3 nitrogen and oxygen atoms in total. The van der Waals surface area contributed by atoms with Gasteiger partial charge < -0.3 is 15.6 Å². The number of hydrogen-bond acceptors (Lipinski definition) is 2. The summed E-state index contributed by atoms with van der Waals surface area (Å²) in [5.74, 6) is -0.943. The van der Waals surface area contributed by atoms with E-state index in [9.17, 15) is 9.90 Å². The minimum Gasteiger partial charge on any atom is -0.550 e. The highest BCUT2D eigenvalue weighted by molar-refractivity contribution is 5.63. The molecule has 248 valence electrons. The highest BCUT2D eigenvalue weighted by atomic mass is 16.4. The van der Waals surface area contributed by atoms with Crippen molar-refractivity contribution >= 4 is 5.97 Å². The van der Waals surface area contributed by atoms with Gasteiger partial charge in [-0.15, -0.1) is 0 Å². The molecule has 0 heterocycles. The van der Waals surface area contributed by atoms with E-state index in [1.54, 1.807) is 0 Å². The molecule has 0 saturated heterocycles. The molecule has 0 aromatic heterocycles. The first kappa shape index (κ1) is 42.6. The number of rotatable bonds is 33. The van der Waals surface area contributed by atoms with Gasteiger partial charge in [-0.1, -0.05) is 194 Å². The van der Waals surface area contributed by atoms with Crippen LogP contribution in [0.5, 0.6) is 0 Å². The van der Waals surface area contributed by atoms with Gasteiger partial charge in [-0.2, -0.15) is 0 Å². The van der Waals surface area contributed by atoms with E-state index in [1.165, 1.54) is 193 Å². The Morgan fingerprint density at radius 2 is 0.634 bits per heavy atom. The molecule has 0 bridgehead atoms. The van der Waals surface area contributed by atoms with E-state index in [2.05, 4.69) is 19.6 Å². The molecule has 0 spiro atoms. The maximum absolute atomic E-state index is 9.65. The van der Waals surface area contributed by atoms with E-state index < -0.39 is 5.97 Å². The molecule has 0 amide bonds. The van der Waals surface area contributed by atoms with Gasteiger partial charge in [0, 0.05) is 5.97 Å². The lowest BCUT2D eigenvalue weighted by molar-refractivity contribution is -0.423. The van der Waals surface area contributed by atoms with Gasteiger partial charge in [0.15, 0.2) is 0 Å². The van der Waals surface area contributed by atoms with Gasteiger partial charge in [-0.05, 0) is 38.5 Å². The Morgan fingerprint density at radius 1 is 0.415 bits per heavy atom. The van der Waals surface area contributed by atoms with Crippen molar-refractivity contribution < 1.29 is 15.6 Å². The minimum atomic E-state index is -0.943. The van der Waals surface area contributed by atoms with E-state index in [4.69, 9.17) is 0 Å². The van der Waals surface area contributed by atoms with Crippen LogP contribution in [0.1, 0.15) is 233 Å². The second-order valence-electron chi connectivity index (χ2n) is 13.1. The number of aliphatic carboxylic acids is 1. The van der Waals surface area contributed by atoms with Crippen molar-refractivity contribution in [3.63, 3.8) is 0 Å². The molecule has 0 unspecified atom stereocenters. The fourth-order valence-electron chi connectivity index (χ4n) is 5.72. The van der Waals surface area contributed by atoms with Crippen LogP contribution in [0.2, 0.25) is 0 Å². The molecule has 0 aliphatic heterocycles. The van der Waals surface area contributed by atoms with Crippen LogP contribution >= 0.6 is 0 Å². The zero-order valence-corrected chi connectivity index (χ0v) is 28.9. The summed E-state index contributed by atoms with van der Waals surface area (Å²) in [7, 11) is 0. The van der Waals surface area contributed by atoms with E-state index in [0.29, 0.717) is 0 Å². The molecule has 3 heteroatoms. The Bertz CT molecular complexity index is 435. The second kappa shape index (κ2) is 39.4. The summed E-state index contributed by atoms with van der Waals surface area (Å²) in [6, 6.07) is 0.717. The standard InChI is InChI=1S/C33H69N.C5H10O2/c1-3-5-7-9-11-13-15-17-19-21-23-25-27-29-31-33(34)32-30-28-26-24-22-20-18-16-14-12-10-8-6-4-2;1-2-3-4-5(6)7/h33H,3-32,34H2,1-2H3;2-4H2,1H3,(H,6,7). The third-order valence-electron chi connectivity index (χ3n) is 8.67. The number of carbonyl (C=O) groups excluding carboxylic acids is 1. The fourth-order valence-corrected chi connectivity index (χ4v) is 5.72. The van der Waals surface area contributed by atoms with E-state index in [-0.39, 0.29) is 6.42 Å². The number of carboxylic acids is 1. The summed E-state index contributed by atoms with van der Waals surface area (Å²) in [6.07, 6.45) is 45.4. The summed E-state index contributed by atoms with van der Waals surface area (Å²) in [5, 5.41) is 9.65. The number of carboxylic acid groups (broad SMARTS) is 1. The summed E-state index contributed by atoms with van der Waals surface area (Å²) in [6.45, 7) is 6.56. The molecule has 0 aliphatic rings. The van der Waals surface area contributed by atoms with Gasteiger partial charge in [0.05, 0.1) is 6.04 Å². The Labute approximate surface area is 260 Å². The average molecular weight is 582 g/mol. The summed E-state index contributed by atoms with van der Waals surface area (Å²) in [5.41, 5.74) is 4.44. The van der Waals surface area contributed by atoms with Gasteiger partial charge in [0.2, 0.25) is 0 Å². The van der Waals surface area contributed by atoms with Crippen molar-refractivity contribution in [2.24, 2.45) is 0 Å². The van der Waals surface area contributed by atoms with Gasteiger partial charge in [-0.25, -0.2) is 0 Å². The highest BCUT2D eigenvalue weighted by Crippen LogP contribution is 2.16. The maximum Gasteiger partial charge on any atom is 0.0843 e. The SMILES string of the molecule is CCCCC(=O)[O-].CCCCCCCCCCCCCCCCC([NH3+])CCCCCCCCCCCCCCCC. The number of unbranched alkanes of at least 4 members (excludes halogenated alkanes) is 27. The van der Waals surface area contributed by atoms with Crippen LogP contribution in [0.4, 0.5) is 0 Å². The van der Waals surface area contributed by atoms with Gasteiger partial charge in [0.25, 0.3) is 0 Å². The van der Waals surface area contributed by atoms with E-state index in [1.807, 2.05) is 6.92 Å². The van der Waals surface area contributed by atoms with Crippen molar-refractivity contribution in [2.75, 3.05) is 0 Å². The van der Waals surface area contributed by atoms with Gasteiger partial charge >= 0.3 is 0 Å². The molecule has 0 aromatic carbocycles. The first-order chi connectivity index (χ1) is 20.1. The lowest BCUT2D eigenvalue weighted by Gasteiger charge is -2.08. The third kappa shape index (κ3) is 44.0. The third-order valence-corrected chi connectivity index (χ3v) is 8.67. The zero-order valence-electron chi connectivity index (χ0n) is 28.9. The molecule has 41 heavy (non-hydrogen) atoms. The van der Waals surface area contributed by atoms with Crippen LogP contribution in [0, 0.1) is 0 Å². The smallest absolute Gasteiger partial charge is 0.0843 e. The van der Waals surface area contributed by atoms with Crippen molar-refractivity contribution in [3.05, 3.63) is 0 Å². The molecule has 0 radical (unpaired) electrons. The van der Waals surface area contributed by atoms with Crippen LogP contribution in [-0.4, -0.2) is 12.0 Å². The Morgan fingerprint density at radius 3 is 0.829 bits per heavy atom. The molecule has 0 fully saturated rings. The Hall–Kier alpha value is -0.570. The predicted octanol–water partition coefficient (Wildman–Crippen LogP) is 11.3. The molecule has 0 rings (SSSR count). The van der Waals surface area contributed by atoms with Crippen molar-refractivity contribution in [2.45, 2.75) is 239 Å². The fraction of sp³-hybridized carbons (Fsp3) is 0.974. The zero-order chi connectivity index (χ0) is 30.5. The number of hydrogen-bond donors (Lipinski definition) is 1. The molecule has 0 saturated carbocycles. The molecular formula is C38H79NO2. The first-order valence-corrected chi connectivity index (χ1v) is 19.1. The van der Waals surface area contributed by atoms with Crippen molar-refractivity contribution in [3.8, 4) is 0 Å². The van der Waals surface area contributed by atoms with Crippen LogP contribution in [0.15, 0.2) is 0 Å². The van der Waals surface area contributed by atoms with Crippen molar-refractivity contribution in [1.82, 2.24) is 0 Å². The molecular weight excluding hydrogens is 502 g/mol. The number of carbonyl (C=O) groups is 1. The van der Waals surface area contributed by atoms with Gasteiger partial charge in [-0.3, -0.25) is 0 Å².